The van der Waals surface area contributed by atoms with Crippen molar-refractivity contribution in [3.63, 3.8) is 0 Å². The van der Waals surface area contributed by atoms with E-state index in [9.17, 15) is 19.8 Å². The van der Waals surface area contributed by atoms with Crippen LogP contribution in [0.5, 0.6) is 0 Å². The molecule has 17 heteroatoms. The molecule has 3 aromatic heterocycles. The van der Waals surface area contributed by atoms with E-state index in [-0.39, 0.29) is 24.5 Å². The molecule has 8 rings (SSSR count). The smallest absolute Gasteiger partial charge is 0.337 e. The van der Waals surface area contributed by atoms with Crippen molar-refractivity contribution >= 4 is 34.9 Å². The fraction of sp³-hybridized carbons (Fsp3) is 0.366. The number of amides is 2. The first-order valence-corrected chi connectivity index (χ1v) is 19.5. The number of aliphatic hydroxyl groups excluding tert-OH is 2. The minimum Gasteiger partial charge on any atom is -0.465 e. The summed E-state index contributed by atoms with van der Waals surface area (Å²) >= 11 is 0. The average Bonchev–Trinajstić information content (AvgIpc) is 4.08. The zero-order valence-corrected chi connectivity index (χ0v) is 32.2. The highest BCUT2D eigenvalue weighted by Crippen LogP contribution is 2.40. The van der Waals surface area contributed by atoms with E-state index < -0.39 is 30.3 Å². The highest BCUT2D eigenvalue weighted by Gasteiger charge is 2.45. The predicted molar refractivity (Wildman–Crippen MR) is 214 cm³/mol. The SMILES string of the molecule is CCc1nnn([C@H]2C[C@@H](n3cnc4c(NCC(c5ccccc5)c5ccccc5)nc(N5CCC(NC(=O)NCc6ccc(C(=O)OC)cc6)C5)nc43)[C@H](O)[C@@H]2O)n1. The zero-order chi connectivity index (χ0) is 40.2. The lowest BCUT2D eigenvalue weighted by molar-refractivity contribution is 0.00473. The summed E-state index contributed by atoms with van der Waals surface area (Å²) in [5.74, 6) is 1.10. The monoisotopic (exact) mass is 786 g/mol. The molecule has 17 nitrogen and oxygen atoms in total. The number of urea groups is 1. The van der Waals surface area contributed by atoms with E-state index >= 15 is 0 Å². The summed E-state index contributed by atoms with van der Waals surface area (Å²) in [5, 5.41) is 44.8. The van der Waals surface area contributed by atoms with E-state index in [4.69, 9.17) is 19.7 Å². The number of aromatic nitrogens is 8. The lowest BCUT2D eigenvalue weighted by atomic mass is 9.91. The van der Waals surface area contributed by atoms with E-state index in [1.165, 1.54) is 11.9 Å². The van der Waals surface area contributed by atoms with Crippen molar-refractivity contribution in [1.29, 1.82) is 0 Å². The number of esters is 1. The first kappa shape index (κ1) is 38.4. The van der Waals surface area contributed by atoms with Crippen LogP contribution >= 0.6 is 0 Å². The molecule has 2 aliphatic rings. The number of carbonyl (C=O) groups excluding carboxylic acids is 2. The van der Waals surface area contributed by atoms with Gasteiger partial charge in [0, 0.05) is 44.6 Å². The summed E-state index contributed by atoms with van der Waals surface area (Å²) < 4.78 is 6.57. The van der Waals surface area contributed by atoms with Gasteiger partial charge in [-0.1, -0.05) is 79.7 Å². The summed E-state index contributed by atoms with van der Waals surface area (Å²) in [4.78, 5) is 43.0. The summed E-state index contributed by atoms with van der Waals surface area (Å²) in [5.41, 5.74) is 4.58. The zero-order valence-electron chi connectivity index (χ0n) is 32.2. The van der Waals surface area contributed by atoms with Gasteiger partial charge in [0.25, 0.3) is 0 Å². The molecule has 5 atom stereocenters. The van der Waals surface area contributed by atoms with Crippen molar-refractivity contribution in [1.82, 2.24) is 50.4 Å². The van der Waals surface area contributed by atoms with Gasteiger partial charge in [-0.25, -0.2) is 14.6 Å². The second-order valence-electron chi connectivity index (χ2n) is 14.6. The third-order valence-electron chi connectivity index (χ3n) is 11.0. The minimum absolute atomic E-state index is 0.00151. The molecular weight excluding hydrogens is 741 g/mol. The number of fused-ring (bicyclic) bond motifs is 1. The van der Waals surface area contributed by atoms with Crippen LogP contribution < -0.4 is 20.9 Å². The van der Waals surface area contributed by atoms with Gasteiger partial charge >= 0.3 is 12.0 Å². The molecule has 5 N–H and O–H groups in total. The van der Waals surface area contributed by atoms with Gasteiger partial charge in [-0.15, -0.1) is 10.2 Å². The Morgan fingerprint density at radius 2 is 1.64 bits per heavy atom. The average molecular weight is 787 g/mol. The van der Waals surface area contributed by atoms with E-state index in [1.54, 1.807) is 35.2 Å². The van der Waals surface area contributed by atoms with Gasteiger partial charge in [0.15, 0.2) is 22.8 Å². The Morgan fingerprint density at radius 3 is 2.31 bits per heavy atom. The molecule has 58 heavy (non-hydrogen) atoms. The number of tetrazole rings is 1. The largest absolute Gasteiger partial charge is 0.465 e. The van der Waals surface area contributed by atoms with Gasteiger partial charge in [0.05, 0.1) is 25.0 Å². The van der Waals surface area contributed by atoms with Crippen molar-refractivity contribution < 1.29 is 24.5 Å². The maximum atomic E-state index is 13.0. The topological polar surface area (TPSA) is 210 Å². The molecule has 0 radical (unpaired) electrons. The second-order valence-corrected chi connectivity index (χ2v) is 14.6. The molecule has 4 heterocycles. The molecule has 1 saturated carbocycles. The number of carbonyl (C=O) groups is 2. The first-order valence-electron chi connectivity index (χ1n) is 19.5. The van der Waals surface area contributed by atoms with Gasteiger partial charge in [-0.3, -0.25) is 0 Å². The fourth-order valence-electron chi connectivity index (χ4n) is 7.79. The normalized spacial score (nSPS) is 20.4. The number of imidazole rings is 1. The van der Waals surface area contributed by atoms with Crippen LogP contribution in [0, 0.1) is 0 Å². The lowest BCUT2D eigenvalue weighted by Gasteiger charge is -2.22. The van der Waals surface area contributed by atoms with Crippen molar-refractivity contribution in [3.8, 4) is 0 Å². The molecule has 1 aliphatic heterocycles. The number of hydrogen-bond donors (Lipinski definition) is 5. The van der Waals surface area contributed by atoms with E-state index in [0.29, 0.717) is 73.2 Å². The third-order valence-corrected chi connectivity index (χ3v) is 11.0. The van der Waals surface area contributed by atoms with Crippen LogP contribution in [0.1, 0.15) is 70.6 Å². The van der Waals surface area contributed by atoms with Crippen molar-refractivity contribution in [2.75, 3.05) is 37.0 Å². The van der Waals surface area contributed by atoms with E-state index in [0.717, 1.165) is 16.7 Å². The van der Waals surface area contributed by atoms with Crippen LogP contribution in [0.2, 0.25) is 0 Å². The Morgan fingerprint density at radius 1 is 0.931 bits per heavy atom. The van der Waals surface area contributed by atoms with E-state index in [1.807, 2.05) is 48.2 Å². The Labute approximate surface area is 334 Å². The quantitative estimate of drug-likeness (QED) is 0.107. The summed E-state index contributed by atoms with van der Waals surface area (Å²) in [6.45, 7) is 3.76. The van der Waals surface area contributed by atoms with Gasteiger partial charge in [0.2, 0.25) is 5.95 Å². The number of nitrogens with zero attached hydrogens (tertiary/aromatic N) is 9. The standard InChI is InChI=1S/C41H46N12O5/c1-3-33-48-50-53(49-33)32-20-31(35(54)36(32)55)52-24-44-34-37(42-22-30(26-10-6-4-7-11-26)27-12-8-5-9-13-27)46-40(47-38(34)52)51-19-18-29(23-51)45-41(57)43-21-25-14-16-28(17-15-25)39(56)58-2/h4-17,24,29-32,35-36,54-55H,3,18-23H2,1-2H3,(H,42,46,47)(H2,43,45,57)/t29?,31-,32+,35+,36-/m1/s1. The van der Waals surface area contributed by atoms with Crippen molar-refractivity contribution in [3.05, 3.63) is 119 Å². The number of aryl methyl sites for hydroxylation is 1. The molecule has 1 unspecified atom stereocenters. The number of benzene rings is 3. The maximum absolute atomic E-state index is 13.0. The Hall–Kier alpha value is -6.46. The Balaban J connectivity index is 1.04. The predicted octanol–water partition coefficient (Wildman–Crippen LogP) is 3.39. The lowest BCUT2D eigenvalue weighted by Crippen LogP contribution is -2.43. The second kappa shape index (κ2) is 17.0. The number of nitrogens with one attached hydrogen (secondary N) is 3. The molecule has 2 fully saturated rings. The van der Waals surface area contributed by atoms with Gasteiger partial charge in [-0.05, 0) is 46.9 Å². The van der Waals surface area contributed by atoms with Crippen LogP contribution in [0.3, 0.4) is 0 Å². The van der Waals surface area contributed by atoms with Crippen LogP contribution in [0.15, 0.2) is 91.3 Å². The summed E-state index contributed by atoms with van der Waals surface area (Å²) in [6.07, 6.45) is 0.912. The number of anilines is 2. The molecule has 3 aromatic carbocycles. The highest BCUT2D eigenvalue weighted by atomic mass is 16.5. The maximum Gasteiger partial charge on any atom is 0.337 e. The van der Waals surface area contributed by atoms with Crippen LogP contribution in [0.4, 0.5) is 16.6 Å². The van der Waals surface area contributed by atoms with E-state index in [2.05, 4.69) is 55.6 Å². The Kier molecular flexibility index (Phi) is 11.2. The summed E-state index contributed by atoms with van der Waals surface area (Å²) in [6, 6.07) is 25.7. The van der Waals surface area contributed by atoms with Crippen LogP contribution in [-0.2, 0) is 17.7 Å². The molecule has 6 aromatic rings. The first-order chi connectivity index (χ1) is 28.3. The number of rotatable bonds is 13. The van der Waals surface area contributed by atoms with Gasteiger partial charge in [-0.2, -0.15) is 14.8 Å². The molecule has 1 aliphatic carbocycles. The molecule has 2 amide bonds. The fourth-order valence-corrected chi connectivity index (χ4v) is 7.79. The third kappa shape index (κ3) is 8.03. The molecule has 1 saturated heterocycles. The van der Waals surface area contributed by atoms with Gasteiger partial charge in [0.1, 0.15) is 18.2 Å². The number of aliphatic hydroxyl groups is 2. The number of ether oxygens (including phenoxy) is 1. The van der Waals surface area contributed by atoms with Crippen molar-refractivity contribution in [2.24, 2.45) is 0 Å². The van der Waals surface area contributed by atoms with Gasteiger partial charge < -0.3 is 40.4 Å². The highest BCUT2D eigenvalue weighted by molar-refractivity contribution is 5.89. The molecular formula is C41H46N12O5. The number of hydrogen-bond acceptors (Lipinski definition) is 13. The Bertz CT molecular complexity index is 2300. The minimum atomic E-state index is -1.15. The van der Waals surface area contributed by atoms with Crippen LogP contribution in [-0.4, -0.2) is 107 Å². The molecule has 300 valence electrons. The molecule has 0 bridgehead atoms. The summed E-state index contributed by atoms with van der Waals surface area (Å²) in [7, 11) is 1.33. The number of methoxy groups -OCH3 is 1. The molecule has 0 spiro atoms. The van der Waals surface area contributed by atoms with Crippen LogP contribution in [0.25, 0.3) is 11.2 Å². The van der Waals surface area contributed by atoms with Crippen molar-refractivity contribution in [2.45, 2.75) is 69.0 Å².